The van der Waals surface area contributed by atoms with Gasteiger partial charge in [0.05, 0.1) is 12.8 Å². The van der Waals surface area contributed by atoms with Gasteiger partial charge in [-0.25, -0.2) is 9.48 Å². The number of benzene rings is 1. The molecular weight excluding hydrogens is 268 g/mol. The smallest absolute Gasteiger partial charge is 0.330 e. The van der Waals surface area contributed by atoms with Crippen molar-refractivity contribution in [2.45, 2.75) is 26.8 Å². The molecule has 1 aromatic heterocycles. The lowest BCUT2D eigenvalue weighted by atomic mass is 10.0. The number of methoxy groups -OCH3 is 1. The van der Waals surface area contributed by atoms with Crippen LogP contribution in [0.2, 0.25) is 0 Å². The van der Waals surface area contributed by atoms with Gasteiger partial charge in [-0.05, 0) is 38.5 Å². The van der Waals surface area contributed by atoms with Gasteiger partial charge in [0.15, 0.2) is 6.04 Å². The fourth-order valence-electron chi connectivity index (χ4n) is 2.13. The van der Waals surface area contributed by atoms with Crippen LogP contribution in [0.5, 0.6) is 0 Å². The summed E-state index contributed by atoms with van der Waals surface area (Å²) in [6.07, 6.45) is 0. The first-order chi connectivity index (χ1) is 9.93. The van der Waals surface area contributed by atoms with Gasteiger partial charge < -0.3 is 4.74 Å². The number of ether oxygens (including phenoxy) is 1. The molecule has 0 saturated carbocycles. The molecule has 1 heterocycles. The number of carbonyl (C=O) groups excluding carboxylic acids is 1. The van der Waals surface area contributed by atoms with Crippen LogP contribution in [0.1, 0.15) is 24.1 Å². The Morgan fingerprint density at radius 2 is 1.95 bits per heavy atom. The van der Waals surface area contributed by atoms with Crippen molar-refractivity contribution in [3.05, 3.63) is 51.8 Å². The van der Waals surface area contributed by atoms with E-state index in [1.165, 1.54) is 13.2 Å². The van der Waals surface area contributed by atoms with Crippen LogP contribution in [0, 0.1) is 13.8 Å². The van der Waals surface area contributed by atoms with Gasteiger partial charge in [-0.2, -0.15) is 5.10 Å². The molecule has 21 heavy (non-hydrogen) atoms. The van der Waals surface area contributed by atoms with E-state index < -0.39 is 12.0 Å². The van der Waals surface area contributed by atoms with E-state index in [4.69, 9.17) is 0 Å². The molecule has 0 N–H and O–H groups in total. The summed E-state index contributed by atoms with van der Waals surface area (Å²) in [6.45, 7) is 5.57. The van der Waals surface area contributed by atoms with E-state index in [2.05, 4.69) is 9.84 Å². The molecule has 5 heteroatoms. The minimum atomic E-state index is -0.757. The van der Waals surface area contributed by atoms with Gasteiger partial charge in [-0.1, -0.05) is 17.7 Å². The van der Waals surface area contributed by atoms with Gasteiger partial charge >= 0.3 is 5.97 Å². The normalized spacial score (nSPS) is 12.0. The van der Waals surface area contributed by atoms with Gasteiger partial charge in [0.1, 0.15) is 0 Å². The third-order valence-electron chi connectivity index (χ3n) is 3.40. The average Bonchev–Trinajstić information content (AvgIpc) is 2.49. The van der Waals surface area contributed by atoms with Crippen LogP contribution >= 0.6 is 0 Å². The number of rotatable bonds is 3. The third kappa shape index (κ3) is 3.02. The summed E-state index contributed by atoms with van der Waals surface area (Å²) in [7, 11) is 1.29. The zero-order valence-electron chi connectivity index (χ0n) is 12.6. The van der Waals surface area contributed by atoms with Gasteiger partial charge in [0.2, 0.25) is 0 Å². The van der Waals surface area contributed by atoms with Crippen molar-refractivity contribution in [1.82, 2.24) is 9.78 Å². The van der Waals surface area contributed by atoms with E-state index in [1.807, 2.05) is 32.0 Å². The van der Waals surface area contributed by atoms with Crippen molar-refractivity contribution in [3.63, 3.8) is 0 Å². The molecule has 0 bridgehead atoms. The molecule has 110 valence electrons. The fraction of sp³-hybridized carbons (Fsp3) is 0.312. The molecule has 5 nitrogen and oxygen atoms in total. The largest absolute Gasteiger partial charge is 0.467 e. The quantitative estimate of drug-likeness (QED) is 0.812. The Balaban J connectivity index is 2.55. The van der Waals surface area contributed by atoms with E-state index in [9.17, 15) is 9.59 Å². The van der Waals surface area contributed by atoms with Gasteiger partial charge in [0.25, 0.3) is 5.56 Å². The summed E-state index contributed by atoms with van der Waals surface area (Å²) in [4.78, 5) is 23.5. The van der Waals surface area contributed by atoms with Crippen molar-refractivity contribution >= 4 is 5.97 Å². The summed E-state index contributed by atoms with van der Waals surface area (Å²) in [5.41, 5.74) is 3.44. The standard InChI is InChI=1S/C16H18N2O3/c1-10-5-6-11(2)13(9-10)14-7-8-15(19)18(17-14)12(3)16(20)21-4/h5-9,12H,1-4H3/t12-/m0/s1. The molecule has 0 aliphatic carbocycles. The molecule has 0 aliphatic rings. The summed E-state index contributed by atoms with van der Waals surface area (Å²) in [5, 5.41) is 4.32. The Morgan fingerprint density at radius 3 is 2.62 bits per heavy atom. The predicted octanol–water partition coefficient (Wildman–Crippen LogP) is 2.26. The first-order valence-corrected chi connectivity index (χ1v) is 6.69. The highest BCUT2D eigenvalue weighted by molar-refractivity contribution is 5.73. The highest BCUT2D eigenvalue weighted by Gasteiger charge is 2.18. The first-order valence-electron chi connectivity index (χ1n) is 6.69. The average molecular weight is 286 g/mol. The zero-order valence-corrected chi connectivity index (χ0v) is 12.6. The van der Waals surface area contributed by atoms with E-state index in [0.717, 1.165) is 21.4 Å². The van der Waals surface area contributed by atoms with Crippen LogP contribution < -0.4 is 5.56 Å². The number of aromatic nitrogens is 2. The Bertz CT molecular complexity index is 735. The predicted molar refractivity (Wildman–Crippen MR) is 80.1 cm³/mol. The fourth-order valence-corrected chi connectivity index (χ4v) is 2.13. The number of hydrogen-bond acceptors (Lipinski definition) is 4. The molecule has 1 atom stereocenters. The van der Waals surface area contributed by atoms with Crippen molar-refractivity contribution in [3.8, 4) is 11.3 Å². The van der Waals surface area contributed by atoms with E-state index >= 15 is 0 Å². The number of esters is 1. The van der Waals surface area contributed by atoms with Crippen molar-refractivity contribution < 1.29 is 9.53 Å². The monoisotopic (exact) mass is 286 g/mol. The topological polar surface area (TPSA) is 61.2 Å². The number of carbonyl (C=O) groups is 1. The SMILES string of the molecule is COC(=O)[C@H](C)n1nc(-c2cc(C)ccc2C)ccc1=O. The molecular formula is C16H18N2O3. The maximum absolute atomic E-state index is 11.9. The van der Waals surface area contributed by atoms with Gasteiger partial charge in [0, 0.05) is 11.6 Å². The lowest BCUT2D eigenvalue weighted by molar-refractivity contribution is -0.144. The maximum Gasteiger partial charge on any atom is 0.330 e. The summed E-state index contributed by atoms with van der Waals surface area (Å²) >= 11 is 0. The lowest BCUT2D eigenvalue weighted by Gasteiger charge is -2.13. The van der Waals surface area contributed by atoms with Crippen LogP contribution in [0.25, 0.3) is 11.3 Å². The minimum Gasteiger partial charge on any atom is -0.467 e. The Hall–Kier alpha value is -2.43. The van der Waals surface area contributed by atoms with Crippen LogP contribution in [0.3, 0.4) is 0 Å². The summed E-state index contributed by atoms with van der Waals surface area (Å²) in [5.74, 6) is -0.497. The third-order valence-corrected chi connectivity index (χ3v) is 3.40. The number of nitrogens with zero attached hydrogens (tertiary/aromatic N) is 2. The minimum absolute atomic E-state index is 0.332. The second-order valence-electron chi connectivity index (χ2n) is 5.02. The first kappa shape index (κ1) is 15.0. The molecule has 0 saturated heterocycles. The second-order valence-corrected chi connectivity index (χ2v) is 5.02. The van der Waals surface area contributed by atoms with Crippen LogP contribution in [-0.4, -0.2) is 22.9 Å². The summed E-state index contributed by atoms with van der Waals surface area (Å²) in [6, 6.07) is 8.37. The van der Waals surface area contributed by atoms with E-state index in [0.29, 0.717) is 5.69 Å². The molecule has 0 fully saturated rings. The van der Waals surface area contributed by atoms with Crippen molar-refractivity contribution in [1.29, 1.82) is 0 Å². The van der Waals surface area contributed by atoms with Gasteiger partial charge in [-0.3, -0.25) is 4.79 Å². The van der Waals surface area contributed by atoms with E-state index in [-0.39, 0.29) is 5.56 Å². The number of hydrogen-bond donors (Lipinski definition) is 0. The Morgan fingerprint density at radius 1 is 1.24 bits per heavy atom. The molecule has 0 radical (unpaired) electrons. The van der Waals surface area contributed by atoms with Gasteiger partial charge in [-0.15, -0.1) is 0 Å². The maximum atomic E-state index is 11.9. The second kappa shape index (κ2) is 5.91. The molecule has 0 amide bonds. The zero-order chi connectivity index (χ0) is 15.6. The molecule has 2 aromatic rings. The van der Waals surface area contributed by atoms with Crippen LogP contribution in [0.15, 0.2) is 35.1 Å². The Kier molecular flexibility index (Phi) is 4.21. The Labute approximate surface area is 123 Å². The molecule has 2 rings (SSSR count). The lowest BCUT2D eigenvalue weighted by Crippen LogP contribution is -2.30. The van der Waals surface area contributed by atoms with Crippen LogP contribution in [0.4, 0.5) is 0 Å². The molecule has 0 aliphatic heterocycles. The molecule has 1 aromatic carbocycles. The van der Waals surface area contributed by atoms with Crippen molar-refractivity contribution in [2.75, 3.05) is 7.11 Å². The highest BCUT2D eigenvalue weighted by Crippen LogP contribution is 2.22. The number of aryl methyl sites for hydroxylation is 2. The summed E-state index contributed by atoms with van der Waals surface area (Å²) < 4.78 is 5.83. The van der Waals surface area contributed by atoms with Crippen LogP contribution in [-0.2, 0) is 9.53 Å². The van der Waals surface area contributed by atoms with Crippen molar-refractivity contribution in [2.24, 2.45) is 0 Å². The molecule has 0 spiro atoms. The van der Waals surface area contributed by atoms with E-state index in [1.54, 1.807) is 13.0 Å². The highest BCUT2D eigenvalue weighted by atomic mass is 16.5. The molecule has 0 unspecified atom stereocenters.